The van der Waals surface area contributed by atoms with Crippen LogP contribution in [0.4, 0.5) is 5.69 Å². The number of rotatable bonds is 6. The Morgan fingerprint density at radius 3 is 2.31 bits per heavy atom. The number of hydrogen-bond donors (Lipinski definition) is 2. The summed E-state index contributed by atoms with van der Waals surface area (Å²) in [7, 11) is 1.54. The average molecular weight is 496 g/mol. The van der Waals surface area contributed by atoms with Crippen molar-refractivity contribution in [2.75, 3.05) is 12.4 Å². The summed E-state index contributed by atoms with van der Waals surface area (Å²) in [6.07, 6.45) is 1.33. The number of nitrogens with one attached hydrogen (secondary N) is 2. The number of hydrazone groups is 1. The molecule has 0 saturated carbocycles. The van der Waals surface area contributed by atoms with E-state index >= 15 is 0 Å². The first-order valence-electron chi connectivity index (χ1n) is 9.31. The van der Waals surface area contributed by atoms with Crippen LogP contribution in [0, 0.1) is 0 Å². The molecular formula is C23H18BrN3O5. The van der Waals surface area contributed by atoms with E-state index in [9.17, 15) is 14.4 Å². The van der Waals surface area contributed by atoms with Gasteiger partial charge in [-0.25, -0.2) is 10.2 Å². The molecule has 0 fully saturated rings. The van der Waals surface area contributed by atoms with Crippen molar-refractivity contribution in [2.45, 2.75) is 0 Å². The van der Waals surface area contributed by atoms with Crippen LogP contribution in [0.3, 0.4) is 0 Å². The molecule has 0 bridgehead atoms. The summed E-state index contributed by atoms with van der Waals surface area (Å²) < 4.78 is 11.3. The van der Waals surface area contributed by atoms with E-state index < -0.39 is 17.8 Å². The number of halogens is 1. The van der Waals surface area contributed by atoms with Gasteiger partial charge in [-0.3, -0.25) is 9.59 Å². The highest BCUT2D eigenvalue weighted by Gasteiger charge is 2.13. The fourth-order valence-corrected chi connectivity index (χ4v) is 2.75. The van der Waals surface area contributed by atoms with Crippen LogP contribution in [-0.4, -0.2) is 31.1 Å². The van der Waals surface area contributed by atoms with Crippen LogP contribution in [0.15, 0.2) is 82.4 Å². The molecule has 32 heavy (non-hydrogen) atoms. The van der Waals surface area contributed by atoms with Crippen molar-refractivity contribution in [3.63, 3.8) is 0 Å². The Balaban J connectivity index is 1.55. The molecule has 0 atom stereocenters. The van der Waals surface area contributed by atoms with Crippen molar-refractivity contribution < 1.29 is 23.9 Å². The van der Waals surface area contributed by atoms with Crippen molar-refractivity contribution in [1.82, 2.24) is 5.43 Å². The van der Waals surface area contributed by atoms with E-state index in [-0.39, 0.29) is 0 Å². The van der Waals surface area contributed by atoms with E-state index in [0.29, 0.717) is 28.3 Å². The third-order valence-corrected chi connectivity index (χ3v) is 4.61. The molecule has 0 aromatic heterocycles. The molecule has 3 rings (SSSR count). The van der Waals surface area contributed by atoms with E-state index in [0.717, 1.165) is 4.47 Å². The number of hydrogen-bond acceptors (Lipinski definition) is 6. The second-order valence-corrected chi connectivity index (χ2v) is 7.27. The van der Waals surface area contributed by atoms with Gasteiger partial charge in [0, 0.05) is 10.2 Å². The number of benzene rings is 3. The molecule has 0 spiro atoms. The summed E-state index contributed by atoms with van der Waals surface area (Å²) in [6.45, 7) is 0. The molecular weight excluding hydrogens is 478 g/mol. The van der Waals surface area contributed by atoms with Crippen molar-refractivity contribution >= 4 is 45.6 Å². The lowest BCUT2D eigenvalue weighted by molar-refractivity contribution is -0.136. The van der Waals surface area contributed by atoms with E-state index in [2.05, 4.69) is 31.8 Å². The Hall–Kier alpha value is -3.98. The maximum Gasteiger partial charge on any atom is 0.343 e. The van der Waals surface area contributed by atoms with Gasteiger partial charge in [0.2, 0.25) is 0 Å². The Bertz CT molecular complexity index is 1150. The number of esters is 1. The van der Waals surface area contributed by atoms with Gasteiger partial charge in [-0.1, -0.05) is 28.1 Å². The fourth-order valence-electron chi connectivity index (χ4n) is 2.49. The van der Waals surface area contributed by atoms with Gasteiger partial charge in [0.1, 0.15) is 11.5 Å². The third kappa shape index (κ3) is 6.51. The summed E-state index contributed by atoms with van der Waals surface area (Å²) in [5, 5.41) is 6.23. The molecule has 3 aromatic rings. The molecule has 0 saturated heterocycles. The topological polar surface area (TPSA) is 106 Å². The number of nitrogens with zero attached hydrogens (tertiary/aromatic N) is 1. The van der Waals surface area contributed by atoms with Crippen molar-refractivity contribution in [3.05, 3.63) is 88.4 Å². The first-order valence-corrected chi connectivity index (χ1v) is 10.1. The Morgan fingerprint density at radius 1 is 0.906 bits per heavy atom. The van der Waals surface area contributed by atoms with Crippen molar-refractivity contribution in [2.24, 2.45) is 5.10 Å². The summed E-state index contributed by atoms with van der Waals surface area (Å²) in [5.74, 6) is -1.38. The van der Waals surface area contributed by atoms with Gasteiger partial charge in [0.15, 0.2) is 0 Å². The first-order chi connectivity index (χ1) is 15.4. The standard InChI is InChI=1S/C23H18BrN3O5/c1-31-19-11-5-16(6-12-19)23(30)32-20-4-2-3-15(13-20)14-25-27-22(29)21(28)26-18-9-7-17(24)8-10-18/h2-14H,1H3,(H,26,28)(H,27,29)/b25-14-. The van der Waals surface area contributed by atoms with Crippen LogP contribution >= 0.6 is 15.9 Å². The predicted octanol–water partition coefficient (Wildman–Crippen LogP) is 3.77. The molecule has 0 heterocycles. The molecule has 2 amide bonds. The zero-order valence-electron chi connectivity index (χ0n) is 16.9. The van der Waals surface area contributed by atoms with E-state index in [1.54, 1.807) is 72.8 Å². The zero-order valence-corrected chi connectivity index (χ0v) is 18.5. The molecule has 8 nitrogen and oxygen atoms in total. The summed E-state index contributed by atoms with van der Waals surface area (Å²) in [4.78, 5) is 36.1. The van der Waals surface area contributed by atoms with Gasteiger partial charge >= 0.3 is 17.8 Å². The van der Waals surface area contributed by atoms with Gasteiger partial charge in [-0.05, 0) is 66.2 Å². The highest BCUT2D eigenvalue weighted by Crippen LogP contribution is 2.17. The zero-order chi connectivity index (χ0) is 22.9. The number of anilines is 1. The van der Waals surface area contributed by atoms with Crippen LogP contribution in [0.5, 0.6) is 11.5 Å². The normalized spacial score (nSPS) is 10.4. The lowest BCUT2D eigenvalue weighted by atomic mass is 10.2. The smallest absolute Gasteiger partial charge is 0.343 e. The highest BCUT2D eigenvalue weighted by molar-refractivity contribution is 9.10. The van der Waals surface area contributed by atoms with Gasteiger partial charge in [-0.15, -0.1) is 0 Å². The van der Waals surface area contributed by atoms with Gasteiger partial charge in [0.05, 0.1) is 18.9 Å². The summed E-state index contributed by atoms with van der Waals surface area (Å²) in [6, 6.07) is 19.8. The monoisotopic (exact) mass is 495 g/mol. The van der Waals surface area contributed by atoms with Crippen LogP contribution in [0.1, 0.15) is 15.9 Å². The lowest BCUT2D eigenvalue weighted by Crippen LogP contribution is -2.32. The minimum atomic E-state index is -0.925. The Labute approximate surface area is 192 Å². The number of ether oxygens (including phenoxy) is 2. The third-order valence-electron chi connectivity index (χ3n) is 4.08. The Kier molecular flexibility index (Phi) is 7.71. The number of amides is 2. The molecule has 0 aliphatic rings. The number of carbonyl (C=O) groups is 3. The van der Waals surface area contributed by atoms with Crippen LogP contribution in [0.2, 0.25) is 0 Å². The summed E-state index contributed by atoms with van der Waals surface area (Å²) in [5.41, 5.74) is 3.55. The maximum absolute atomic E-state index is 12.3. The second-order valence-electron chi connectivity index (χ2n) is 6.35. The highest BCUT2D eigenvalue weighted by atomic mass is 79.9. The molecule has 3 aromatic carbocycles. The predicted molar refractivity (Wildman–Crippen MR) is 123 cm³/mol. The largest absolute Gasteiger partial charge is 0.497 e. The molecule has 0 aliphatic heterocycles. The summed E-state index contributed by atoms with van der Waals surface area (Å²) >= 11 is 3.29. The molecule has 162 valence electrons. The quantitative estimate of drug-likeness (QED) is 0.178. The van der Waals surface area contributed by atoms with E-state index in [1.165, 1.54) is 13.3 Å². The molecule has 0 unspecified atom stereocenters. The minimum absolute atomic E-state index is 0.300. The van der Waals surface area contributed by atoms with Crippen molar-refractivity contribution in [3.8, 4) is 11.5 Å². The van der Waals surface area contributed by atoms with Crippen LogP contribution in [-0.2, 0) is 9.59 Å². The Morgan fingerprint density at radius 2 is 1.62 bits per heavy atom. The minimum Gasteiger partial charge on any atom is -0.497 e. The van der Waals surface area contributed by atoms with Crippen LogP contribution < -0.4 is 20.2 Å². The molecule has 0 radical (unpaired) electrons. The number of carbonyl (C=O) groups excluding carboxylic acids is 3. The second kappa shape index (κ2) is 10.9. The van der Waals surface area contributed by atoms with Crippen molar-refractivity contribution in [1.29, 1.82) is 0 Å². The maximum atomic E-state index is 12.3. The number of methoxy groups -OCH3 is 1. The first kappa shape index (κ1) is 22.7. The van der Waals surface area contributed by atoms with E-state index in [4.69, 9.17) is 9.47 Å². The van der Waals surface area contributed by atoms with Gasteiger partial charge in [-0.2, -0.15) is 5.10 Å². The molecule has 9 heteroatoms. The SMILES string of the molecule is COc1ccc(C(=O)Oc2cccc(/C=N\NC(=O)C(=O)Nc3ccc(Br)cc3)c2)cc1. The fraction of sp³-hybridized carbons (Fsp3) is 0.0435. The average Bonchev–Trinajstić information content (AvgIpc) is 2.80. The molecule has 2 N–H and O–H groups in total. The van der Waals surface area contributed by atoms with Gasteiger partial charge in [0.25, 0.3) is 0 Å². The van der Waals surface area contributed by atoms with E-state index in [1.807, 2.05) is 0 Å². The van der Waals surface area contributed by atoms with Crippen LogP contribution in [0.25, 0.3) is 0 Å². The lowest BCUT2D eigenvalue weighted by Gasteiger charge is -2.06. The van der Waals surface area contributed by atoms with Gasteiger partial charge < -0.3 is 14.8 Å². The molecule has 0 aliphatic carbocycles.